The highest BCUT2D eigenvalue weighted by atomic mass is 16.5. The molecule has 1 aliphatic carbocycles. The van der Waals surface area contributed by atoms with E-state index in [0.29, 0.717) is 11.6 Å². The first-order valence-electron chi connectivity index (χ1n) is 9.98. The molecule has 5 rings (SSSR count). The molecule has 0 N–H and O–H groups in total. The van der Waals surface area contributed by atoms with E-state index >= 15 is 0 Å². The van der Waals surface area contributed by atoms with Crippen molar-refractivity contribution >= 4 is 11.6 Å². The number of likely N-dealkylation sites (tertiary alicyclic amines) is 1. The summed E-state index contributed by atoms with van der Waals surface area (Å²) < 4.78 is 5.38. The Morgan fingerprint density at radius 2 is 1.89 bits per heavy atom. The molecule has 3 aliphatic rings. The van der Waals surface area contributed by atoms with Gasteiger partial charge in [0.05, 0.1) is 18.1 Å². The first kappa shape index (κ1) is 16.7. The fourth-order valence-corrected chi connectivity index (χ4v) is 4.60. The number of amides is 1. The fourth-order valence-electron chi connectivity index (χ4n) is 4.60. The van der Waals surface area contributed by atoms with E-state index in [1.165, 1.54) is 6.42 Å². The molecule has 1 saturated carbocycles. The molecule has 27 heavy (non-hydrogen) atoms. The number of nitrogens with zero attached hydrogens (tertiary/aromatic N) is 5. The maximum Gasteiger partial charge on any atom is 0.276 e. The standard InChI is InChI=1S/C20H25N5O2/c26-19(17-10-18(27-23-17)15-2-3-15)25-7-1-4-20(13-25)5-8-24(9-6-20)16-11-21-14-22-12-16/h10-12,14-15H,1-9,13H2. The minimum absolute atomic E-state index is 0.0311. The van der Waals surface area contributed by atoms with Crippen molar-refractivity contribution in [3.63, 3.8) is 0 Å². The first-order valence-corrected chi connectivity index (χ1v) is 9.98. The summed E-state index contributed by atoms with van der Waals surface area (Å²) in [6.45, 7) is 3.63. The van der Waals surface area contributed by atoms with Gasteiger partial charge in [0.1, 0.15) is 12.1 Å². The predicted octanol–water partition coefficient (Wildman–Crippen LogP) is 2.86. The van der Waals surface area contributed by atoms with Gasteiger partial charge in [-0.3, -0.25) is 4.79 Å². The molecule has 0 atom stereocenters. The van der Waals surface area contributed by atoms with Gasteiger partial charge in [0.2, 0.25) is 0 Å². The number of piperidine rings is 2. The average Bonchev–Trinajstić information content (AvgIpc) is 3.45. The normalized spacial score (nSPS) is 22.2. The molecule has 0 radical (unpaired) electrons. The molecule has 7 heteroatoms. The zero-order chi connectivity index (χ0) is 18.3. The summed E-state index contributed by atoms with van der Waals surface area (Å²) in [5, 5.41) is 4.05. The Morgan fingerprint density at radius 3 is 2.63 bits per heavy atom. The van der Waals surface area contributed by atoms with E-state index in [1.54, 1.807) is 6.33 Å². The highest BCUT2D eigenvalue weighted by molar-refractivity contribution is 5.92. The van der Waals surface area contributed by atoms with Gasteiger partial charge in [0, 0.05) is 38.2 Å². The van der Waals surface area contributed by atoms with Crippen LogP contribution in [0.15, 0.2) is 29.3 Å². The molecule has 1 amide bonds. The van der Waals surface area contributed by atoms with E-state index in [2.05, 4.69) is 20.0 Å². The van der Waals surface area contributed by atoms with E-state index in [0.717, 1.165) is 69.7 Å². The molecule has 3 fully saturated rings. The predicted molar refractivity (Wildman–Crippen MR) is 99.5 cm³/mol. The quantitative estimate of drug-likeness (QED) is 0.830. The van der Waals surface area contributed by atoms with Crippen LogP contribution in [-0.4, -0.2) is 52.1 Å². The Labute approximate surface area is 158 Å². The number of carbonyl (C=O) groups excluding carboxylic acids is 1. The zero-order valence-corrected chi connectivity index (χ0v) is 15.5. The Bertz CT molecular complexity index is 809. The van der Waals surface area contributed by atoms with Gasteiger partial charge >= 0.3 is 0 Å². The number of hydrogen-bond donors (Lipinski definition) is 0. The second-order valence-electron chi connectivity index (χ2n) is 8.30. The van der Waals surface area contributed by atoms with Crippen LogP contribution in [0.1, 0.15) is 60.7 Å². The van der Waals surface area contributed by atoms with Gasteiger partial charge in [0.25, 0.3) is 5.91 Å². The molecule has 2 saturated heterocycles. The minimum Gasteiger partial charge on any atom is -0.369 e. The zero-order valence-electron chi connectivity index (χ0n) is 15.5. The van der Waals surface area contributed by atoms with Gasteiger partial charge in [-0.2, -0.15) is 0 Å². The fraction of sp³-hybridized carbons (Fsp3) is 0.600. The summed E-state index contributed by atoms with van der Waals surface area (Å²) in [5.41, 5.74) is 1.79. The Kier molecular flexibility index (Phi) is 4.10. The van der Waals surface area contributed by atoms with E-state index in [4.69, 9.17) is 4.52 Å². The van der Waals surface area contributed by atoms with Crippen molar-refractivity contribution in [3.05, 3.63) is 36.2 Å². The van der Waals surface area contributed by atoms with Crippen molar-refractivity contribution in [2.24, 2.45) is 5.41 Å². The van der Waals surface area contributed by atoms with Crippen molar-refractivity contribution < 1.29 is 9.32 Å². The van der Waals surface area contributed by atoms with Crippen LogP contribution in [0.4, 0.5) is 5.69 Å². The third kappa shape index (κ3) is 3.31. The van der Waals surface area contributed by atoms with E-state index in [-0.39, 0.29) is 11.3 Å². The number of hydrogen-bond acceptors (Lipinski definition) is 6. The van der Waals surface area contributed by atoms with Gasteiger partial charge in [-0.1, -0.05) is 5.16 Å². The highest BCUT2D eigenvalue weighted by Gasteiger charge is 2.40. The molecule has 0 aromatic carbocycles. The summed E-state index contributed by atoms with van der Waals surface area (Å²) in [6.07, 6.45) is 12.1. The van der Waals surface area contributed by atoms with Crippen molar-refractivity contribution in [2.75, 3.05) is 31.1 Å². The maximum absolute atomic E-state index is 12.9. The third-order valence-corrected chi connectivity index (χ3v) is 6.41. The van der Waals surface area contributed by atoms with Crippen molar-refractivity contribution in [3.8, 4) is 0 Å². The largest absolute Gasteiger partial charge is 0.369 e. The van der Waals surface area contributed by atoms with Gasteiger partial charge < -0.3 is 14.3 Å². The van der Waals surface area contributed by atoms with Crippen LogP contribution in [0.5, 0.6) is 0 Å². The lowest BCUT2D eigenvalue weighted by molar-refractivity contribution is 0.0426. The lowest BCUT2D eigenvalue weighted by Gasteiger charge is -2.48. The van der Waals surface area contributed by atoms with Crippen LogP contribution in [0.2, 0.25) is 0 Å². The third-order valence-electron chi connectivity index (χ3n) is 6.41. The van der Waals surface area contributed by atoms with Crippen LogP contribution in [-0.2, 0) is 0 Å². The van der Waals surface area contributed by atoms with Crippen molar-refractivity contribution in [2.45, 2.75) is 44.4 Å². The van der Waals surface area contributed by atoms with Crippen molar-refractivity contribution in [1.29, 1.82) is 0 Å². The summed E-state index contributed by atoms with van der Waals surface area (Å²) in [4.78, 5) is 25.6. The molecular weight excluding hydrogens is 342 g/mol. The summed E-state index contributed by atoms with van der Waals surface area (Å²) in [5.74, 6) is 1.39. The molecule has 0 unspecified atom stereocenters. The molecule has 1 spiro atoms. The number of aromatic nitrogens is 3. The second kappa shape index (κ2) is 6.62. The molecule has 7 nitrogen and oxygen atoms in total. The van der Waals surface area contributed by atoms with Gasteiger partial charge in [0.15, 0.2) is 5.69 Å². The Hall–Kier alpha value is -2.44. The smallest absolute Gasteiger partial charge is 0.276 e. The lowest BCUT2D eigenvalue weighted by atomic mass is 9.72. The van der Waals surface area contributed by atoms with Crippen LogP contribution in [0, 0.1) is 5.41 Å². The lowest BCUT2D eigenvalue weighted by Crippen LogP contribution is -2.51. The van der Waals surface area contributed by atoms with Crippen molar-refractivity contribution in [1.82, 2.24) is 20.0 Å². The minimum atomic E-state index is 0.0311. The Balaban J connectivity index is 1.24. The molecule has 2 aromatic heterocycles. The van der Waals surface area contributed by atoms with Gasteiger partial charge in [-0.25, -0.2) is 9.97 Å². The molecule has 2 aromatic rings. The second-order valence-corrected chi connectivity index (χ2v) is 8.30. The number of rotatable bonds is 3. The SMILES string of the molecule is O=C(c1cc(C2CC2)on1)N1CCCC2(CCN(c3cncnc3)CC2)C1. The molecule has 4 heterocycles. The molecular formula is C20H25N5O2. The van der Waals surface area contributed by atoms with Gasteiger partial charge in [-0.05, 0) is 43.9 Å². The van der Waals surface area contributed by atoms with Gasteiger partial charge in [-0.15, -0.1) is 0 Å². The monoisotopic (exact) mass is 367 g/mol. The number of carbonyl (C=O) groups is 1. The van der Waals surface area contributed by atoms with Crippen LogP contribution >= 0.6 is 0 Å². The first-order chi connectivity index (χ1) is 13.2. The highest BCUT2D eigenvalue weighted by Crippen LogP contribution is 2.42. The molecule has 0 bridgehead atoms. The Morgan fingerprint density at radius 1 is 1.11 bits per heavy atom. The summed E-state index contributed by atoms with van der Waals surface area (Å²) >= 11 is 0. The van der Waals surface area contributed by atoms with E-state index in [1.807, 2.05) is 23.4 Å². The van der Waals surface area contributed by atoms with Crippen LogP contribution in [0.25, 0.3) is 0 Å². The van der Waals surface area contributed by atoms with E-state index in [9.17, 15) is 4.79 Å². The van der Waals surface area contributed by atoms with Crippen LogP contribution < -0.4 is 4.90 Å². The maximum atomic E-state index is 12.9. The molecule has 142 valence electrons. The average molecular weight is 367 g/mol. The number of anilines is 1. The summed E-state index contributed by atoms with van der Waals surface area (Å²) in [6, 6.07) is 1.86. The summed E-state index contributed by atoms with van der Waals surface area (Å²) in [7, 11) is 0. The topological polar surface area (TPSA) is 75.4 Å². The van der Waals surface area contributed by atoms with Crippen LogP contribution in [0.3, 0.4) is 0 Å². The van der Waals surface area contributed by atoms with E-state index < -0.39 is 0 Å². The molecule has 2 aliphatic heterocycles.